The molecule has 0 aliphatic rings. The summed E-state index contributed by atoms with van der Waals surface area (Å²) in [5.41, 5.74) is 1.24. The molecule has 1 amide bonds. The number of benzene rings is 1. The monoisotopic (exact) mass is 243 g/mol. The number of ether oxygens (including phenoxy) is 1. The number of amides is 1. The largest absolute Gasteiger partial charge is 0.497 e. The van der Waals surface area contributed by atoms with Gasteiger partial charge in [0.25, 0.3) is 5.91 Å². The van der Waals surface area contributed by atoms with Crippen LogP contribution in [0.5, 0.6) is 5.75 Å². The minimum atomic E-state index is -0.152. The lowest BCUT2D eigenvalue weighted by atomic mass is 10.2. The summed E-state index contributed by atoms with van der Waals surface area (Å²) < 4.78 is 5.07. The molecule has 18 heavy (non-hydrogen) atoms. The van der Waals surface area contributed by atoms with Crippen molar-refractivity contribution in [3.8, 4) is 5.75 Å². The molecule has 1 aromatic carbocycles. The number of hydrogen-bond donors (Lipinski definition) is 0. The molecule has 92 valence electrons. The fourth-order valence-electron chi connectivity index (χ4n) is 1.53. The summed E-state index contributed by atoms with van der Waals surface area (Å²) >= 11 is 0. The van der Waals surface area contributed by atoms with Crippen LogP contribution in [0.2, 0.25) is 0 Å². The average Bonchev–Trinajstić information content (AvgIpc) is 2.47. The molecule has 0 saturated carbocycles. The molecular formula is C13H13N3O2. The van der Waals surface area contributed by atoms with Gasteiger partial charge in [-0.3, -0.25) is 4.79 Å². The van der Waals surface area contributed by atoms with E-state index in [4.69, 9.17) is 4.74 Å². The fourth-order valence-corrected chi connectivity index (χ4v) is 1.53. The standard InChI is InChI=1S/C13H13N3O2/c1-16(11-3-5-12(18-2)6-4-11)13(17)10-7-14-9-15-8-10/h3-9H,1-2H3. The van der Waals surface area contributed by atoms with Gasteiger partial charge in [-0.25, -0.2) is 9.97 Å². The first-order valence-corrected chi connectivity index (χ1v) is 5.39. The second-order valence-corrected chi connectivity index (χ2v) is 3.69. The average molecular weight is 243 g/mol. The summed E-state index contributed by atoms with van der Waals surface area (Å²) in [6.45, 7) is 0. The molecular weight excluding hydrogens is 230 g/mol. The maximum absolute atomic E-state index is 12.1. The summed E-state index contributed by atoms with van der Waals surface area (Å²) in [6, 6.07) is 7.25. The van der Waals surface area contributed by atoms with E-state index in [-0.39, 0.29) is 5.91 Å². The van der Waals surface area contributed by atoms with Gasteiger partial charge in [-0.1, -0.05) is 0 Å². The normalized spacial score (nSPS) is 9.89. The van der Waals surface area contributed by atoms with E-state index in [1.54, 1.807) is 26.3 Å². The quantitative estimate of drug-likeness (QED) is 0.824. The minimum Gasteiger partial charge on any atom is -0.497 e. The molecule has 0 aliphatic carbocycles. The van der Waals surface area contributed by atoms with Gasteiger partial charge in [0, 0.05) is 25.1 Å². The summed E-state index contributed by atoms with van der Waals surface area (Å²) in [5, 5.41) is 0. The fraction of sp³-hybridized carbons (Fsp3) is 0.154. The van der Waals surface area contributed by atoms with Crippen molar-refractivity contribution >= 4 is 11.6 Å². The van der Waals surface area contributed by atoms with Gasteiger partial charge in [0.15, 0.2) is 0 Å². The molecule has 0 N–H and O–H groups in total. The van der Waals surface area contributed by atoms with Gasteiger partial charge >= 0.3 is 0 Å². The Morgan fingerprint density at radius 2 is 1.78 bits per heavy atom. The van der Waals surface area contributed by atoms with E-state index in [1.807, 2.05) is 12.1 Å². The number of nitrogens with zero attached hydrogens (tertiary/aromatic N) is 3. The molecule has 0 unspecified atom stereocenters. The highest BCUT2D eigenvalue weighted by molar-refractivity contribution is 6.05. The Morgan fingerprint density at radius 1 is 1.17 bits per heavy atom. The van der Waals surface area contributed by atoms with Gasteiger partial charge in [-0.15, -0.1) is 0 Å². The maximum Gasteiger partial charge on any atom is 0.261 e. The minimum absolute atomic E-state index is 0.152. The molecule has 0 bridgehead atoms. The van der Waals surface area contributed by atoms with E-state index in [1.165, 1.54) is 23.6 Å². The lowest BCUT2D eigenvalue weighted by molar-refractivity contribution is 0.0992. The summed E-state index contributed by atoms with van der Waals surface area (Å²) in [6.07, 6.45) is 4.38. The lowest BCUT2D eigenvalue weighted by Crippen LogP contribution is -2.26. The number of rotatable bonds is 3. The van der Waals surface area contributed by atoms with Crippen molar-refractivity contribution < 1.29 is 9.53 Å². The number of methoxy groups -OCH3 is 1. The van der Waals surface area contributed by atoms with Crippen molar-refractivity contribution in [1.82, 2.24) is 9.97 Å². The Balaban J connectivity index is 2.20. The summed E-state index contributed by atoms with van der Waals surface area (Å²) in [4.78, 5) is 21.3. The number of carbonyl (C=O) groups is 1. The lowest BCUT2D eigenvalue weighted by Gasteiger charge is -2.17. The van der Waals surface area contributed by atoms with Crippen LogP contribution in [0.4, 0.5) is 5.69 Å². The van der Waals surface area contributed by atoms with Crippen molar-refractivity contribution in [2.45, 2.75) is 0 Å². The highest BCUT2D eigenvalue weighted by Crippen LogP contribution is 2.19. The molecule has 2 aromatic rings. The maximum atomic E-state index is 12.1. The zero-order valence-electron chi connectivity index (χ0n) is 10.2. The van der Waals surface area contributed by atoms with Crippen molar-refractivity contribution in [3.63, 3.8) is 0 Å². The third-order valence-corrected chi connectivity index (χ3v) is 2.57. The van der Waals surface area contributed by atoms with Crippen molar-refractivity contribution in [3.05, 3.63) is 48.5 Å². The van der Waals surface area contributed by atoms with Crippen molar-refractivity contribution in [1.29, 1.82) is 0 Å². The van der Waals surface area contributed by atoms with Crippen molar-refractivity contribution in [2.75, 3.05) is 19.1 Å². The molecule has 5 heteroatoms. The molecule has 0 fully saturated rings. The predicted molar refractivity (Wildman–Crippen MR) is 67.8 cm³/mol. The SMILES string of the molecule is COc1ccc(N(C)C(=O)c2cncnc2)cc1. The first-order valence-electron chi connectivity index (χ1n) is 5.39. The first-order chi connectivity index (χ1) is 8.72. The second-order valence-electron chi connectivity index (χ2n) is 3.69. The summed E-state index contributed by atoms with van der Waals surface area (Å²) in [7, 11) is 3.31. The molecule has 0 spiro atoms. The van der Waals surface area contributed by atoms with Crippen LogP contribution >= 0.6 is 0 Å². The van der Waals surface area contributed by atoms with Crippen LogP contribution in [0.3, 0.4) is 0 Å². The Bertz CT molecular complexity index is 526. The molecule has 0 aliphatic heterocycles. The second kappa shape index (κ2) is 5.27. The van der Waals surface area contributed by atoms with E-state index < -0.39 is 0 Å². The molecule has 2 rings (SSSR count). The molecule has 0 saturated heterocycles. The number of hydrogen-bond acceptors (Lipinski definition) is 4. The third kappa shape index (κ3) is 2.45. The molecule has 0 atom stereocenters. The number of aromatic nitrogens is 2. The summed E-state index contributed by atoms with van der Waals surface area (Å²) in [5.74, 6) is 0.600. The van der Waals surface area contributed by atoms with Crippen LogP contribution in [-0.4, -0.2) is 30.0 Å². The Hall–Kier alpha value is -2.43. The van der Waals surface area contributed by atoms with Gasteiger partial charge in [-0.2, -0.15) is 0 Å². The topological polar surface area (TPSA) is 55.3 Å². The van der Waals surface area contributed by atoms with E-state index in [0.29, 0.717) is 5.56 Å². The van der Waals surface area contributed by atoms with Crippen LogP contribution in [0.25, 0.3) is 0 Å². The van der Waals surface area contributed by atoms with E-state index in [2.05, 4.69) is 9.97 Å². The van der Waals surface area contributed by atoms with E-state index in [0.717, 1.165) is 11.4 Å². The van der Waals surface area contributed by atoms with Crippen molar-refractivity contribution in [2.24, 2.45) is 0 Å². The van der Waals surface area contributed by atoms with Crippen LogP contribution in [0, 0.1) is 0 Å². The van der Waals surface area contributed by atoms with Crippen LogP contribution in [0.15, 0.2) is 43.0 Å². The molecule has 1 aromatic heterocycles. The van der Waals surface area contributed by atoms with E-state index in [9.17, 15) is 4.79 Å². The Morgan fingerprint density at radius 3 is 2.33 bits per heavy atom. The molecule has 5 nitrogen and oxygen atoms in total. The van der Waals surface area contributed by atoms with E-state index >= 15 is 0 Å². The van der Waals surface area contributed by atoms with Gasteiger partial charge in [-0.05, 0) is 24.3 Å². The first kappa shape index (κ1) is 12.0. The molecule has 0 radical (unpaired) electrons. The Labute approximate surface area is 105 Å². The van der Waals surface area contributed by atoms with Crippen LogP contribution < -0.4 is 9.64 Å². The van der Waals surface area contributed by atoms with Crippen LogP contribution in [0.1, 0.15) is 10.4 Å². The smallest absolute Gasteiger partial charge is 0.261 e. The number of carbonyl (C=O) groups excluding carboxylic acids is 1. The van der Waals surface area contributed by atoms with Crippen LogP contribution in [-0.2, 0) is 0 Å². The molecule has 1 heterocycles. The number of anilines is 1. The van der Waals surface area contributed by atoms with Gasteiger partial charge in [0.2, 0.25) is 0 Å². The highest BCUT2D eigenvalue weighted by Gasteiger charge is 2.13. The third-order valence-electron chi connectivity index (χ3n) is 2.57. The van der Waals surface area contributed by atoms with Gasteiger partial charge < -0.3 is 9.64 Å². The predicted octanol–water partition coefficient (Wildman–Crippen LogP) is 1.76. The highest BCUT2D eigenvalue weighted by atomic mass is 16.5. The Kier molecular flexibility index (Phi) is 3.52. The zero-order chi connectivity index (χ0) is 13.0. The van der Waals surface area contributed by atoms with Gasteiger partial charge in [0.05, 0.1) is 12.7 Å². The van der Waals surface area contributed by atoms with Gasteiger partial charge in [0.1, 0.15) is 12.1 Å². The zero-order valence-corrected chi connectivity index (χ0v) is 10.2.